The monoisotopic (exact) mass is 274 g/mol. The van der Waals surface area contributed by atoms with E-state index in [4.69, 9.17) is 11.6 Å². The molecular formula is C14H24ClFN2+2. The van der Waals surface area contributed by atoms with E-state index >= 15 is 0 Å². The lowest BCUT2D eigenvalue weighted by atomic mass is 10.2. The van der Waals surface area contributed by atoms with Crippen LogP contribution >= 0.6 is 11.6 Å². The van der Waals surface area contributed by atoms with Crippen LogP contribution in [0.5, 0.6) is 0 Å². The number of likely N-dealkylation sites (N-methyl/N-ethyl adjacent to an activating group) is 2. The molecule has 0 aliphatic rings. The zero-order chi connectivity index (χ0) is 13.5. The second-order valence-corrected chi connectivity index (χ2v) is 5.20. The number of quaternary nitrogens is 2. The average Bonchev–Trinajstić information content (AvgIpc) is 2.35. The molecule has 0 saturated carbocycles. The van der Waals surface area contributed by atoms with Crippen LogP contribution in [-0.4, -0.2) is 33.2 Å². The summed E-state index contributed by atoms with van der Waals surface area (Å²) < 4.78 is 13.6. The van der Waals surface area contributed by atoms with Gasteiger partial charge in [0.05, 0.1) is 30.7 Å². The van der Waals surface area contributed by atoms with Crippen molar-refractivity contribution in [3.05, 3.63) is 34.6 Å². The molecule has 2 nitrogen and oxygen atoms in total. The predicted molar refractivity (Wildman–Crippen MR) is 73.8 cm³/mol. The predicted octanol–water partition coefficient (Wildman–Crippen LogP) is 0.419. The Morgan fingerprint density at radius 3 is 2.39 bits per heavy atom. The highest BCUT2D eigenvalue weighted by Crippen LogP contribution is 2.17. The molecule has 102 valence electrons. The van der Waals surface area contributed by atoms with E-state index < -0.39 is 0 Å². The van der Waals surface area contributed by atoms with Gasteiger partial charge in [-0.3, -0.25) is 0 Å². The van der Waals surface area contributed by atoms with Crippen molar-refractivity contribution in [2.24, 2.45) is 0 Å². The molecule has 1 aromatic rings. The van der Waals surface area contributed by atoms with E-state index in [-0.39, 0.29) is 5.82 Å². The van der Waals surface area contributed by atoms with Gasteiger partial charge in [-0.1, -0.05) is 17.7 Å². The Balaban J connectivity index is 2.52. The van der Waals surface area contributed by atoms with E-state index in [9.17, 15) is 4.39 Å². The Hall–Kier alpha value is -0.640. The van der Waals surface area contributed by atoms with Crippen LogP contribution < -0.4 is 9.80 Å². The fraction of sp³-hybridized carbons (Fsp3) is 0.571. The molecule has 0 fully saturated rings. The molecule has 4 heteroatoms. The lowest BCUT2D eigenvalue weighted by molar-refractivity contribution is -0.953. The van der Waals surface area contributed by atoms with Crippen molar-refractivity contribution in [3.63, 3.8) is 0 Å². The molecule has 1 unspecified atom stereocenters. The van der Waals surface area contributed by atoms with Gasteiger partial charge in [0, 0.05) is 0 Å². The highest BCUT2D eigenvalue weighted by molar-refractivity contribution is 6.31. The van der Waals surface area contributed by atoms with Crippen molar-refractivity contribution in [2.75, 3.05) is 33.2 Å². The fourth-order valence-corrected chi connectivity index (χ4v) is 2.31. The van der Waals surface area contributed by atoms with Gasteiger partial charge < -0.3 is 9.80 Å². The average molecular weight is 275 g/mol. The first-order valence-electron chi connectivity index (χ1n) is 6.66. The summed E-state index contributed by atoms with van der Waals surface area (Å²) in [4.78, 5) is 2.87. The highest BCUT2D eigenvalue weighted by Gasteiger charge is 2.14. The zero-order valence-corrected chi connectivity index (χ0v) is 12.3. The number of hydrogen-bond acceptors (Lipinski definition) is 0. The van der Waals surface area contributed by atoms with Gasteiger partial charge in [-0.25, -0.2) is 4.39 Å². The first kappa shape index (κ1) is 15.4. The van der Waals surface area contributed by atoms with Gasteiger partial charge in [0.25, 0.3) is 0 Å². The van der Waals surface area contributed by atoms with Crippen LogP contribution in [0.2, 0.25) is 5.02 Å². The Bertz CT molecular complexity index is 347. The molecule has 0 spiro atoms. The van der Waals surface area contributed by atoms with Crippen LogP contribution in [0.4, 0.5) is 4.39 Å². The first-order valence-corrected chi connectivity index (χ1v) is 7.04. The van der Waals surface area contributed by atoms with Crippen molar-refractivity contribution in [1.29, 1.82) is 0 Å². The van der Waals surface area contributed by atoms with Crippen LogP contribution in [-0.2, 0) is 6.54 Å². The number of rotatable bonds is 7. The summed E-state index contributed by atoms with van der Waals surface area (Å²) in [6.07, 6.45) is 0. The fourth-order valence-electron chi connectivity index (χ4n) is 2.09. The Morgan fingerprint density at radius 2 is 1.83 bits per heavy atom. The molecule has 1 atom stereocenters. The van der Waals surface area contributed by atoms with Crippen LogP contribution in [0.1, 0.15) is 19.4 Å². The molecule has 0 heterocycles. The molecule has 1 aromatic carbocycles. The molecule has 1 rings (SSSR count). The largest absolute Gasteiger partial charge is 0.331 e. The third kappa shape index (κ3) is 4.56. The number of nitrogens with one attached hydrogen (secondary N) is 2. The molecule has 0 amide bonds. The molecule has 0 aliphatic carbocycles. The quantitative estimate of drug-likeness (QED) is 0.713. The Labute approximate surface area is 114 Å². The van der Waals surface area contributed by atoms with E-state index in [0.717, 1.165) is 26.2 Å². The van der Waals surface area contributed by atoms with E-state index in [0.29, 0.717) is 17.1 Å². The van der Waals surface area contributed by atoms with Gasteiger partial charge >= 0.3 is 0 Å². The number of hydrogen-bond donors (Lipinski definition) is 2. The summed E-state index contributed by atoms with van der Waals surface area (Å²) in [5.74, 6) is -0.197. The van der Waals surface area contributed by atoms with Crippen LogP contribution in [0.25, 0.3) is 0 Å². The van der Waals surface area contributed by atoms with Gasteiger partial charge in [0.15, 0.2) is 0 Å². The molecule has 0 radical (unpaired) electrons. The summed E-state index contributed by atoms with van der Waals surface area (Å²) in [6, 6.07) is 4.88. The van der Waals surface area contributed by atoms with Crippen molar-refractivity contribution < 1.29 is 14.2 Å². The Kier molecular flexibility index (Phi) is 6.61. The first-order chi connectivity index (χ1) is 8.58. The third-order valence-corrected chi connectivity index (χ3v) is 3.80. The molecular weight excluding hydrogens is 251 g/mol. The lowest BCUT2D eigenvalue weighted by Gasteiger charge is -2.19. The van der Waals surface area contributed by atoms with Gasteiger partial charge in [-0.2, -0.15) is 0 Å². The minimum Gasteiger partial charge on any atom is -0.331 e. The van der Waals surface area contributed by atoms with E-state index in [1.54, 1.807) is 17.0 Å². The maximum atomic E-state index is 13.6. The van der Waals surface area contributed by atoms with Crippen molar-refractivity contribution in [3.8, 4) is 0 Å². The maximum absolute atomic E-state index is 13.6. The minimum absolute atomic E-state index is 0.197. The standard InChI is InChI=1S/C14H22ClFN2/c1-4-18(5-2)10-9-17(3)11-12-13(15)7-6-8-14(12)16/h6-8H,4-5,9-11H2,1-3H3/p+2. The van der Waals surface area contributed by atoms with Gasteiger partial charge in [0.2, 0.25) is 0 Å². The minimum atomic E-state index is -0.197. The maximum Gasteiger partial charge on any atom is 0.133 e. The van der Waals surface area contributed by atoms with Crippen molar-refractivity contribution in [1.82, 2.24) is 0 Å². The van der Waals surface area contributed by atoms with E-state index in [1.165, 1.54) is 11.0 Å². The SMILES string of the molecule is CC[NH+](CC)CC[NH+](C)Cc1c(F)cccc1Cl. The molecule has 0 bridgehead atoms. The molecule has 0 aromatic heterocycles. The van der Waals surface area contributed by atoms with Gasteiger partial charge in [-0.05, 0) is 26.0 Å². The summed E-state index contributed by atoms with van der Waals surface area (Å²) in [7, 11) is 2.09. The summed E-state index contributed by atoms with van der Waals surface area (Å²) in [5, 5.41) is 0.532. The molecule has 0 aliphatic heterocycles. The second-order valence-electron chi connectivity index (χ2n) is 4.79. The van der Waals surface area contributed by atoms with Crippen LogP contribution in [0, 0.1) is 5.82 Å². The van der Waals surface area contributed by atoms with Crippen molar-refractivity contribution >= 4 is 11.6 Å². The highest BCUT2D eigenvalue weighted by atomic mass is 35.5. The third-order valence-electron chi connectivity index (χ3n) is 3.45. The van der Waals surface area contributed by atoms with Crippen LogP contribution in [0.15, 0.2) is 18.2 Å². The second kappa shape index (κ2) is 7.72. The van der Waals surface area contributed by atoms with Crippen molar-refractivity contribution in [2.45, 2.75) is 20.4 Å². The van der Waals surface area contributed by atoms with Crippen LogP contribution in [0.3, 0.4) is 0 Å². The Morgan fingerprint density at radius 1 is 1.17 bits per heavy atom. The van der Waals surface area contributed by atoms with Gasteiger partial charge in [0.1, 0.15) is 25.5 Å². The zero-order valence-electron chi connectivity index (χ0n) is 11.5. The summed E-state index contributed by atoms with van der Waals surface area (Å²) >= 11 is 6.03. The van der Waals surface area contributed by atoms with E-state index in [1.807, 2.05) is 0 Å². The lowest BCUT2D eigenvalue weighted by Crippen LogP contribution is -3.18. The topological polar surface area (TPSA) is 8.88 Å². The number of halogens is 2. The number of benzene rings is 1. The van der Waals surface area contributed by atoms with E-state index in [2.05, 4.69) is 20.9 Å². The van der Waals surface area contributed by atoms with Gasteiger partial charge in [-0.15, -0.1) is 0 Å². The summed E-state index contributed by atoms with van der Waals surface area (Å²) in [6.45, 7) is 9.47. The normalized spacial score (nSPS) is 13.0. The summed E-state index contributed by atoms with van der Waals surface area (Å²) in [5.41, 5.74) is 0.631. The molecule has 0 saturated heterocycles. The molecule has 2 N–H and O–H groups in total. The smallest absolute Gasteiger partial charge is 0.133 e. The molecule has 18 heavy (non-hydrogen) atoms.